The highest BCUT2D eigenvalue weighted by Gasteiger charge is 2.18. The number of amides is 1. The molecule has 0 aliphatic rings. The summed E-state index contributed by atoms with van der Waals surface area (Å²) in [7, 11) is 0. The van der Waals surface area contributed by atoms with Gasteiger partial charge >= 0.3 is 0 Å². The Labute approximate surface area is 171 Å². The van der Waals surface area contributed by atoms with Crippen molar-refractivity contribution in [3.63, 3.8) is 0 Å². The Morgan fingerprint density at radius 2 is 1.83 bits per heavy atom. The molecule has 7 heteroatoms. The molecule has 0 spiro atoms. The largest absolute Gasteiger partial charge is 0.322 e. The minimum atomic E-state index is -0.486. The lowest BCUT2D eigenvalue weighted by Crippen LogP contribution is -2.14. The summed E-state index contributed by atoms with van der Waals surface area (Å²) in [4.78, 5) is 27.8. The number of nitrogens with zero attached hydrogens (tertiary/aromatic N) is 2. The summed E-state index contributed by atoms with van der Waals surface area (Å²) in [6.45, 7) is 3.63. The Bertz CT molecular complexity index is 1250. The van der Waals surface area contributed by atoms with Crippen LogP contribution < -0.4 is 5.32 Å². The number of carbonyl (C=O) groups is 1. The monoisotopic (exact) mass is 403 g/mol. The van der Waals surface area contributed by atoms with E-state index in [4.69, 9.17) is 0 Å². The summed E-state index contributed by atoms with van der Waals surface area (Å²) in [6.07, 6.45) is 0. The van der Waals surface area contributed by atoms with Crippen LogP contribution in [-0.2, 0) is 0 Å². The minimum absolute atomic E-state index is 0.0703. The van der Waals surface area contributed by atoms with Crippen molar-refractivity contribution in [1.82, 2.24) is 4.98 Å². The molecule has 0 saturated carbocycles. The predicted octanol–water partition coefficient (Wildman–Crippen LogP) is 5.74. The lowest BCUT2D eigenvalue weighted by molar-refractivity contribution is -0.385. The van der Waals surface area contributed by atoms with E-state index >= 15 is 0 Å². The van der Waals surface area contributed by atoms with Crippen molar-refractivity contribution in [2.45, 2.75) is 13.8 Å². The molecule has 1 aromatic heterocycles. The van der Waals surface area contributed by atoms with Crippen LogP contribution in [-0.4, -0.2) is 15.8 Å². The highest BCUT2D eigenvalue weighted by atomic mass is 32.1. The highest BCUT2D eigenvalue weighted by molar-refractivity contribution is 7.21. The molecule has 144 valence electrons. The SMILES string of the molecule is Cc1ccc2nc(-c3ccc(NC(=O)c4cccc([N+](=O)[O-])c4C)cc3)sc2c1. The van der Waals surface area contributed by atoms with E-state index in [0.29, 0.717) is 11.3 Å². The fourth-order valence-electron chi connectivity index (χ4n) is 3.12. The molecule has 1 heterocycles. The number of aryl methyl sites for hydroxylation is 1. The van der Waals surface area contributed by atoms with Crippen LogP contribution in [0, 0.1) is 24.0 Å². The molecule has 0 saturated heterocycles. The summed E-state index contributed by atoms with van der Waals surface area (Å²) < 4.78 is 1.14. The third kappa shape index (κ3) is 3.72. The first-order valence-electron chi connectivity index (χ1n) is 8.95. The van der Waals surface area contributed by atoms with E-state index < -0.39 is 4.92 Å². The summed E-state index contributed by atoms with van der Waals surface area (Å²) in [5.74, 6) is -0.380. The molecule has 0 bridgehead atoms. The average molecular weight is 403 g/mol. The number of nitro groups is 1. The van der Waals surface area contributed by atoms with Crippen molar-refractivity contribution in [2.75, 3.05) is 5.32 Å². The van der Waals surface area contributed by atoms with Gasteiger partial charge in [-0.1, -0.05) is 12.1 Å². The van der Waals surface area contributed by atoms with Crippen molar-refractivity contribution in [2.24, 2.45) is 0 Å². The molecular weight excluding hydrogens is 386 g/mol. The van der Waals surface area contributed by atoms with Gasteiger partial charge in [0.2, 0.25) is 0 Å². The molecule has 0 atom stereocenters. The molecule has 3 aromatic carbocycles. The molecule has 0 aliphatic heterocycles. The molecule has 0 radical (unpaired) electrons. The summed E-state index contributed by atoms with van der Waals surface area (Å²) in [5, 5.41) is 14.8. The molecular formula is C22H17N3O3S. The summed E-state index contributed by atoms with van der Waals surface area (Å²) in [5.41, 5.74) is 4.30. The molecule has 0 aliphatic carbocycles. The predicted molar refractivity (Wildman–Crippen MR) is 116 cm³/mol. The van der Waals surface area contributed by atoms with E-state index in [1.807, 2.05) is 24.3 Å². The second-order valence-electron chi connectivity index (χ2n) is 6.73. The Kier molecular flexibility index (Phi) is 4.82. The van der Waals surface area contributed by atoms with E-state index in [9.17, 15) is 14.9 Å². The third-order valence-corrected chi connectivity index (χ3v) is 5.75. The fraction of sp³-hybridized carbons (Fsp3) is 0.0909. The number of hydrogen-bond donors (Lipinski definition) is 1. The van der Waals surface area contributed by atoms with Crippen LogP contribution in [0.15, 0.2) is 60.7 Å². The van der Waals surface area contributed by atoms with Gasteiger partial charge in [0.25, 0.3) is 11.6 Å². The molecule has 0 fully saturated rings. The van der Waals surface area contributed by atoms with E-state index in [2.05, 4.69) is 23.3 Å². The second kappa shape index (κ2) is 7.44. The molecule has 4 aromatic rings. The quantitative estimate of drug-likeness (QED) is 0.348. The molecule has 4 rings (SSSR count). The van der Waals surface area contributed by atoms with Gasteiger partial charge in [-0.2, -0.15) is 0 Å². The standard InChI is InChI=1S/C22H17N3O3S/c1-13-6-11-18-20(12-13)29-22(24-18)15-7-9-16(10-8-15)23-21(26)17-4-3-5-19(14(17)2)25(27)28/h3-12H,1-2H3,(H,23,26). The number of fused-ring (bicyclic) bond motifs is 1. The second-order valence-corrected chi connectivity index (χ2v) is 7.76. The van der Waals surface area contributed by atoms with Crippen molar-refractivity contribution in [1.29, 1.82) is 0 Å². The normalized spacial score (nSPS) is 10.8. The van der Waals surface area contributed by atoms with Gasteiger partial charge in [0.15, 0.2) is 0 Å². The number of thiazole rings is 1. The number of carbonyl (C=O) groups excluding carboxylic acids is 1. The zero-order valence-corrected chi connectivity index (χ0v) is 16.6. The van der Waals surface area contributed by atoms with Crippen molar-refractivity contribution >= 4 is 38.8 Å². The minimum Gasteiger partial charge on any atom is -0.322 e. The van der Waals surface area contributed by atoms with Gasteiger partial charge in [-0.25, -0.2) is 4.98 Å². The number of nitrogens with one attached hydrogen (secondary N) is 1. The summed E-state index contributed by atoms with van der Waals surface area (Å²) >= 11 is 1.63. The number of aromatic nitrogens is 1. The van der Waals surface area contributed by atoms with Crippen LogP contribution in [0.3, 0.4) is 0 Å². The van der Waals surface area contributed by atoms with Gasteiger partial charge in [0.05, 0.1) is 15.1 Å². The van der Waals surface area contributed by atoms with Gasteiger partial charge in [0, 0.05) is 28.4 Å². The number of anilines is 1. The van der Waals surface area contributed by atoms with Crippen molar-refractivity contribution in [3.8, 4) is 10.6 Å². The number of nitro benzene ring substituents is 1. The maximum absolute atomic E-state index is 12.6. The molecule has 1 N–H and O–H groups in total. The van der Waals surface area contributed by atoms with Crippen LogP contribution >= 0.6 is 11.3 Å². The zero-order chi connectivity index (χ0) is 20.5. The first-order chi connectivity index (χ1) is 13.9. The Hall–Kier alpha value is -3.58. The van der Waals surface area contributed by atoms with E-state index in [1.54, 1.807) is 36.5 Å². The average Bonchev–Trinajstić information content (AvgIpc) is 3.11. The highest BCUT2D eigenvalue weighted by Crippen LogP contribution is 2.31. The lowest BCUT2D eigenvalue weighted by Gasteiger charge is -2.08. The van der Waals surface area contributed by atoms with Gasteiger partial charge < -0.3 is 5.32 Å². The topological polar surface area (TPSA) is 85.1 Å². The molecule has 29 heavy (non-hydrogen) atoms. The van der Waals surface area contributed by atoms with E-state index in [1.165, 1.54) is 17.7 Å². The summed E-state index contributed by atoms with van der Waals surface area (Å²) in [6, 6.07) is 18.1. The van der Waals surface area contributed by atoms with Crippen molar-refractivity contribution in [3.05, 3.63) is 87.5 Å². The number of rotatable bonds is 4. The van der Waals surface area contributed by atoms with Gasteiger partial charge in [-0.05, 0) is 61.9 Å². The van der Waals surface area contributed by atoms with Crippen LogP contribution in [0.4, 0.5) is 11.4 Å². The first kappa shape index (κ1) is 18.8. The molecule has 0 unspecified atom stereocenters. The Morgan fingerprint density at radius 3 is 2.55 bits per heavy atom. The van der Waals surface area contributed by atoms with Gasteiger partial charge in [0.1, 0.15) is 5.01 Å². The lowest BCUT2D eigenvalue weighted by atomic mass is 10.1. The van der Waals surface area contributed by atoms with Crippen LogP contribution in [0.2, 0.25) is 0 Å². The van der Waals surface area contributed by atoms with Crippen LogP contribution in [0.5, 0.6) is 0 Å². The molecule has 6 nitrogen and oxygen atoms in total. The molecule has 1 amide bonds. The van der Waals surface area contributed by atoms with Gasteiger partial charge in [-0.3, -0.25) is 14.9 Å². The van der Waals surface area contributed by atoms with Crippen molar-refractivity contribution < 1.29 is 9.72 Å². The third-order valence-electron chi connectivity index (χ3n) is 4.68. The zero-order valence-electron chi connectivity index (χ0n) is 15.8. The first-order valence-corrected chi connectivity index (χ1v) is 9.77. The number of benzene rings is 3. The maximum Gasteiger partial charge on any atom is 0.273 e. The fourth-order valence-corrected chi connectivity index (χ4v) is 4.19. The maximum atomic E-state index is 12.6. The Balaban J connectivity index is 1.56. The number of hydrogen-bond acceptors (Lipinski definition) is 5. The van der Waals surface area contributed by atoms with Crippen LogP contribution in [0.1, 0.15) is 21.5 Å². The van der Waals surface area contributed by atoms with Gasteiger partial charge in [-0.15, -0.1) is 11.3 Å². The smallest absolute Gasteiger partial charge is 0.273 e. The van der Waals surface area contributed by atoms with E-state index in [-0.39, 0.29) is 17.2 Å². The van der Waals surface area contributed by atoms with E-state index in [0.717, 1.165) is 20.8 Å². The van der Waals surface area contributed by atoms with Crippen LogP contribution in [0.25, 0.3) is 20.8 Å². The Morgan fingerprint density at radius 1 is 1.07 bits per heavy atom.